The number of aliphatic imine (C=N–C) groups is 1. The summed E-state index contributed by atoms with van der Waals surface area (Å²) < 4.78 is 11.5. The molecule has 0 aliphatic carbocycles. The molecule has 2 aromatic carbocycles. The number of nitrogens with zero attached hydrogens (tertiary/aromatic N) is 1. The van der Waals surface area contributed by atoms with Crippen LogP contribution in [0.4, 0.5) is 0 Å². The Morgan fingerprint density at radius 3 is 2.63 bits per heavy atom. The number of guanidine groups is 1. The fourth-order valence-corrected chi connectivity index (χ4v) is 3.26. The molecule has 30 heavy (non-hydrogen) atoms. The summed E-state index contributed by atoms with van der Waals surface area (Å²) in [5, 5.41) is 6.79. The molecule has 0 radical (unpaired) electrons. The predicted molar refractivity (Wildman–Crippen MR) is 134 cm³/mol. The monoisotopic (exact) mass is 523 g/mol. The summed E-state index contributed by atoms with van der Waals surface area (Å²) in [5.41, 5.74) is 4.90. The van der Waals surface area contributed by atoms with Crippen molar-refractivity contribution in [2.45, 2.75) is 52.4 Å². The van der Waals surface area contributed by atoms with Gasteiger partial charge in [0, 0.05) is 26.6 Å². The Bertz CT molecular complexity index is 847. The first kappa shape index (κ1) is 24.5. The van der Waals surface area contributed by atoms with Crippen molar-refractivity contribution in [1.82, 2.24) is 10.6 Å². The lowest BCUT2D eigenvalue weighted by molar-refractivity contribution is -0.0149. The van der Waals surface area contributed by atoms with Crippen LogP contribution in [0.3, 0.4) is 0 Å². The molecule has 164 valence electrons. The van der Waals surface area contributed by atoms with E-state index in [4.69, 9.17) is 9.47 Å². The van der Waals surface area contributed by atoms with Gasteiger partial charge in [-0.15, -0.1) is 24.0 Å². The van der Waals surface area contributed by atoms with Gasteiger partial charge in [-0.2, -0.15) is 0 Å². The molecule has 6 heteroatoms. The molecular formula is C24H34IN3O2. The van der Waals surface area contributed by atoms with Crippen LogP contribution in [-0.4, -0.2) is 31.8 Å². The van der Waals surface area contributed by atoms with Crippen molar-refractivity contribution in [3.05, 3.63) is 64.7 Å². The number of hydrogen-bond donors (Lipinski definition) is 2. The van der Waals surface area contributed by atoms with Gasteiger partial charge in [-0.1, -0.05) is 36.4 Å². The summed E-state index contributed by atoms with van der Waals surface area (Å²) >= 11 is 0. The number of hydrogen-bond acceptors (Lipinski definition) is 3. The lowest BCUT2D eigenvalue weighted by atomic mass is 10.1. The van der Waals surface area contributed by atoms with E-state index in [0.29, 0.717) is 6.61 Å². The number of fused-ring (bicyclic) bond motifs is 1. The van der Waals surface area contributed by atoms with Gasteiger partial charge in [-0.3, -0.25) is 4.99 Å². The fourth-order valence-electron chi connectivity index (χ4n) is 3.26. The van der Waals surface area contributed by atoms with E-state index in [0.717, 1.165) is 44.2 Å². The normalized spacial score (nSPS) is 13.3. The van der Waals surface area contributed by atoms with Crippen molar-refractivity contribution in [1.29, 1.82) is 0 Å². The van der Waals surface area contributed by atoms with Crippen LogP contribution in [0.1, 0.15) is 43.0 Å². The van der Waals surface area contributed by atoms with Gasteiger partial charge in [0.2, 0.25) is 0 Å². The molecule has 2 N–H and O–H groups in total. The minimum atomic E-state index is -0.133. The summed E-state index contributed by atoms with van der Waals surface area (Å²) in [7, 11) is 1.80. The van der Waals surface area contributed by atoms with Crippen LogP contribution in [0, 0.1) is 0 Å². The zero-order valence-corrected chi connectivity index (χ0v) is 20.8. The molecule has 1 aliphatic rings. The summed E-state index contributed by atoms with van der Waals surface area (Å²) in [6.07, 6.45) is 1.97. The third-order valence-electron chi connectivity index (χ3n) is 4.81. The third-order valence-corrected chi connectivity index (χ3v) is 4.81. The summed E-state index contributed by atoms with van der Waals surface area (Å²) in [6.45, 7) is 9.20. The molecule has 0 spiro atoms. The maximum Gasteiger partial charge on any atom is 0.191 e. The van der Waals surface area contributed by atoms with E-state index in [1.165, 1.54) is 22.3 Å². The molecule has 0 saturated heterocycles. The molecule has 0 unspecified atom stereocenters. The fraction of sp³-hybridized carbons (Fsp3) is 0.458. The lowest BCUT2D eigenvalue weighted by Gasteiger charge is -2.19. The van der Waals surface area contributed by atoms with Crippen LogP contribution in [0.25, 0.3) is 0 Å². The maximum atomic E-state index is 5.88. The Morgan fingerprint density at radius 2 is 1.87 bits per heavy atom. The quantitative estimate of drug-likeness (QED) is 0.320. The van der Waals surface area contributed by atoms with Crippen molar-refractivity contribution in [2.75, 3.05) is 20.2 Å². The van der Waals surface area contributed by atoms with Gasteiger partial charge in [-0.05, 0) is 55.5 Å². The highest BCUT2D eigenvalue weighted by atomic mass is 127. The zero-order valence-electron chi connectivity index (χ0n) is 18.5. The van der Waals surface area contributed by atoms with E-state index in [1.807, 2.05) is 0 Å². The van der Waals surface area contributed by atoms with Gasteiger partial charge in [-0.25, -0.2) is 0 Å². The van der Waals surface area contributed by atoms with Crippen LogP contribution in [0.5, 0.6) is 5.75 Å². The van der Waals surface area contributed by atoms with Crippen LogP contribution in [-0.2, 0) is 30.7 Å². The van der Waals surface area contributed by atoms with E-state index in [-0.39, 0.29) is 29.6 Å². The van der Waals surface area contributed by atoms with Crippen LogP contribution in [0.15, 0.2) is 47.5 Å². The predicted octanol–water partition coefficient (Wildman–Crippen LogP) is 4.46. The lowest BCUT2D eigenvalue weighted by Crippen LogP contribution is -2.37. The van der Waals surface area contributed by atoms with E-state index >= 15 is 0 Å². The molecule has 0 amide bonds. The SMILES string of the molecule is CN=C(NCCc1ccc2c(c1)CCO2)NCc1cccc(COC(C)(C)C)c1.I. The molecule has 0 saturated carbocycles. The Kier molecular flexibility index (Phi) is 9.42. The third kappa shape index (κ3) is 7.80. The zero-order chi connectivity index (χ0) is 20.7. The van der Waals surface area contributed by atoms with E-state index in [9.17, 15) is 0 Å². The molecule has 1 heterocycles. The molecule has 0 atom stereocenters. The average Bonchev–Trinajstić information content (AvgIpc) is 3.16. The van der Waals surface area contributed by atoms with Crippen molar-refractivity contribution in [3.63, 3.8) is 0 Å². The first-order valence-electron chi connectivity index (χ1n) is 10.3. The standard InChI is InChI=1S/C24H33N3O2.HI/c1-24(2,3)29-17-20-7-5-6-19(14-20)16-27-23(25-4)26-12-10-18-8-9-22-21(15-18)11-13-28-22;/h5-9,14-15H,10-13,16-17H2,1-4H3,(H2,25,26,27);1H. The van der Waals surface area contributed by atoms with E-state index in [1.54, 1.807) is 7.05 Å². The molecule has 5 nitrogen and oxygen atoms in total. The highest BCUT2D eigenvalue weighted by Gasteiger charge is 2.12. The van der Waals surface area contributed by atoms with Crippen LogP contribution < -0.4 is 15.4 Å². The Balaban J connectivity index is 0.00000320. The molecule has 0 bridgehead atoms. The number of ether oxygens (including phenoxy) is 2. The van der Waals surface area contributed by atoms with Gasteiger partial charge in [0.1, 0.15) is 5.75 Å². The number of nitrogens with one attached hydrogen (secondary N) is 2. The van der Waals surface area contributed by atoms with Gasteiger partial charge in [0.25, 0.3) is 0 Å². The number of benzene rings is 2. The summed E-state index contributed by atoms with van der Waals surface area (Å²) in [6, 6.07) is 15.0. The largest absolute Gasteiger partial charge is 0.493 e. The van der Waals surface area contributed by atoms with Gasteiger partial charge in [0.05, 0.1) is 18.8 Å². The first-order chi connectivity index (χ1) is 13.9. The van der Waals surface area contributed by atoms with Gasteiger partial charge >= 0.3 is 0 Å². The van der Waals surface area contributed by atoms with Crippen molar-refractivity contribution >= 4 is 29.9 Å². The second-order valence-corrected chi connectivity index (χ2v) is 8.36. The molecule has 3 rings (SSSR count). The molecule has 2 aromatic rings. The molecule has 1 aliphatic heterocycles. The number of rotatable bonds is 7. The smallest absolute Gasteiger partial charge is 0.191 e. The van der Waals surface area contributed by atoms with Gasteiger partial charge < -0.3 is 20.1 Å². The Morgan fingerprint density at radius 1 is 1.07 bits per heavy atom. The van der Waals surface area contributed by atoms with Crippen molar-refractivity contribution in [3.8, 4) is 5.75 Å². The van der Waals surface area contributed by atoms with Gasteiger partial charge in [0.15, 0.2) is 5.96 Å². The van der Waals surface area contributed by atoms with Crippen LogP contribution >= 0.6 is 24.0 Å². The average molecular weight is 523 g/mol. The molecule has 0 fully saturated rings. The maximum absolute atomic E-state index is 5.88. The van der Waals surface area contributed by atoms with Crippen molar-refractivity contribution in [2.24, 2.45) is 4.99 Å². The van der Waals surface area contributed by atoms with E-state index < -0.39 is 0 Å². The minimum Gasteiger partial charge on any atom is -0.493 e. The van der Waals surface area contributed by atoms with Crippen LogP contribution in [0.2, 0.25) is 0 Å². The Labute approximate surface area is 197 Å². The first-order valence-corrected chi connectivity index (χ1v) is 10.3. The second-order valence-electron chi connectivity index (χ2n) is 8.36. The Hall–Kier alpha value is -1.80. The summed E-state index contributed by atoms with van der Waals surface area (Å²) in [5.74, 6) is 1.85. The topological polar surface area (TPSA) is 54.9 Å². The minimum absolute atomic E-state index is 0. The highest BCUT2D eigenvalue weighted by molar-refractivity contribution is 14.0. The number of halogens is 1. The molecule has 0 aromatic heterocycles. The van der Waals surface area contributed by atoms with E-state index in [2.05, 4.69) is 78.9 Å². The molecular weight excluding hydrogens is 489 g/mol. The highest BCUT2D eigenvalue weighted by Crippen LogP contribution is 2.25. The van der Waals surface area contributed by atoms with Crippen molar-refractivity contribution < 1.29 is 9.47 Å². The summed E-state index contributed by atoms with van der Waals surface area (Å²) in [4.78, 5) is 4.33. The second kappa shape index (κ2) is 11.6.